The number of morpholine rings is 1. The fourth-order valence-electron chi connectivity index (χ4n) is 3.97. The molecule has 4 rings (SSSR count). The van der Waals surface area contributed by atoms with Crippen LogP contribution in [0.15, 0.2) is 70.5 Å². The number of nitrogens with one attached hydrogen (secondary N) is 1. The van der Waals surface area contributed by atoms with Gasteiger partial charge in [0.1, 0.15) is 0 Å². The number of hydrogen-bond acceptors (Lipinski definition) is 6. The van der Waals surface area contributed by atoms with Crippen molar-refractivity contribution in [1.29, 1.82) is 0 Å². The summed E-state index contributed by atoms with van der Waals surface area (Å²) in [5.41, 5.74) is 1.45. The molecular weight excluding hydrogens is 468 g/mol. The lowest BCUT2D eigenvalue weighted by Crippen LogP contribution is -2.48. The van der Waals surface area contributed by atoms with E-state index in [1.54, 1.807) is 0 Å². The zero-order valence-corrected chi connectivity index (χ0v) is 20.7. The first-order valence-electron chi connectivity index (χ1n) is 11.4. The van der Waals surface area contributed by atoms with Crippen LogP contribution in [0, 0.1) is 0 Å². The van der Waals surface area contributed by atoms with Crippen LogP contribution in [0.5, 0.6) is 0 Å². The van der Waals surface area contributed by atoms with Crippen molar-refractivity contribution >= 4 is 21.6 Å². The van der Waals surface area contributed by atoms with Crippen LogP contribution in [0.4, 0.5) is 5.69 Å². The Morgan fingerprint density at radius 1 is 1.03 bits per heavy atom. The molecule has 2 aromatic carbocycles. The van der Waals surface area contributed by atoms with Crippen molar-refractivity contribution in [1.82, 2.24) is 14.1 Å². The van der Waals surface area contributed by atoms with Crippen LogP contribution in [0.3, 0.4) is 0 Å². The molecule has 184 valence electrons. The smallest absolute Gasteiger partial charge is 0.280 e. The molecule has 0 radical (unpaired) electrons. The molecule has 35 heavy (non-hydrogen) atoms. The van der Waals surface area contributed by atoms with Crippen LogP contribution in [0.2, 0.25) is 0 Å². The highest BCUT2D eigenvalue weighted by Gasteiger charge is 2.32. The second-order valence-electron chi connectivity index (χ2n) is 8.55. The predicted molar refractivity (Wildman–Crippen MR) is 132 cm³/mol. The van der Waals surface area contributed by atoms with Gasteiger partial charge in [-0.15, -0.1) is 0 Å². The molecule has 10 heteroatoms. The zero-order valence-electron chi connectivity index (χ0n) is 19.8. The summed E-state index contributed by atoms with van der Waals surface area (Å²) >= 11 is 0. The maximum atomic E-state index is 13.0. The van der Waals surface area contributed by atoms with Crippen molar-refractivity contribution in [3.8, 4) is 5.69 Å². The molecule has 0 spiro atoms. The molecule has 2 unspecified atom stereocenters. The number of carbonyl (C=O) groups excluding carboxylic acids is 1. The standard InChI is InChI=1S/C25H28N4O5S/c1-4-19-5-9-21(10-6-19)29-14-13-23(30)24(27-29)25(31)26-20-7-11-22(12-8-20)35(32,33)28-15-17(2)34-18(3)16-28/h5-14,17-18H,4,15-16H2,1-3H3,(H,26,31). The second kappa shape index (κ2) is 10.1. The fraction of sp³-hybridized carbons (Fsp3) is 0.320. The van der Waals surface area contributed by atoms with Crippen molar-refractivity contribution in [3.63, 3.8) is 0 Å². The van der Waals surface area contributed by atoms with E-state index < -0.39 is 21.4 Å². The normalized spacial score (nSPS) is 18.8. The molecular formula is C25H28N4O5S. The molecule has 2 atom stereocenters. The summed E-state index contributed by atoms with van der Waals surface area (Å²) in [6.45, 7) is 6.28. The van der Waals surface area contributed by atoms with E-state index in [0.29, 0.717) is 5.69 Å². The van der Waals surface area contributed by atoms with Crippen molar-refractivity contribution in [2.75, 3.05) is 18.4 Å². The Hall–Kier alpha value is -3.34. The minimum atomic E-state index is -3.70. The molecule has 1 fully saturated rings. The lowest BCUT2D eigenvalue weighted by atomic mass is 10.1. The Kier molecular flexibility index (Phi) is 7.15. The van der Waals surface area contributed by atoms with Crippen LogP contribution in [0.1, 0.15) is 36.8 Å². The molecule has 1 aliphatic heterocycles. The first-order valence-corrected chi connectivity index (χ1v) is 12.9. The van der Waals surface area contributed by atoms with Gasteiger partial charge in [0, 0.05) is 31.0 Å². The van der Waals surface area contributed by atoms with Crippen LogP contribution in [0.25, 0.3) is 5.69 Å². The van der Waals surface area contributed by atoms with Gasteiger partial charge in [-0.1, -0.05) is 19.1 Å². The minimum absolute atomic E-state index is 0.118. The number of anilines is 1. The molecule has 9 nitrogen and oxygen atoms in total. The van der Waals surface area contributed by atoms with Crippen molar-refractivity contribution in [3.05, 3.63) is 82.3 Å². The largest absolute Gasteiger partial charge is 0.373 e. The SMILES string of the molecule is CCc1ccc(-n2ccc(=O)c(C(=O)Nc3ccc(S(=O)(=O)N4CC(C)OC(C)C4)cc3)n2)cc1. The van der Waals surface area contributed by atoms with E-state index in [2.05, 4.69) is 17.3 Å². The molecule has 1 aliphatic rings. The Labute approximate surface area is 204 Å². The van der Waals surface area contributed by atoms with Crippen molar-refractivity contribution in [2.24, 2.45) is 0 Å². The van der Waals surface area contributed by atoms with Gasteiger partial charge >= 0.3 is 0 Å². The summed E-state index contributed by atoms with van der Waals surface area (Å²) < 4.78 is 34.5. The van der Waals surface area contributed by atoms with Crippen LogP contribution in [-0.2, 0) is 21.2 Å². The first kappa shape index (κ1) is 24.8. The number of sulfonamides is 1. The topological polar surface area (TPSA) is 111 Å². The summed E-state index contributed by atoms with van der Waals surface area (Å²) in [4.78, 5) is 25.2. The monoisotopic (exact) mass is 496 g/mol. The first-order chi connectivity index (χ1) is 16.7. The molecule has 1 saturated heterocycles. The van der Waals surface area contributed by atoms with E-state index in [1.165, 1.54) is 45.5 Å². The summed E-state index contributed by atoms with van der Waals surface area (Å²) in [6.07, 6.45) is 2.02. The molecule has 1 aromatic heterocycles. The number of nitrogens with zero attached hydrogens (tertiary/aromatic N) is 3. The van der Waals surface area contributed by atoms with Crippen LogP contribution in [-0.4, -0.2) is 53.7 Å². The van der Waals surface area contributed by atoms with Gasteiger partial charge in [0.25, 0.3) is 5.91 Å². The quantitative estimate of drug-likeness (QED) is 0.562. The minimum Gasteiger partial charge on any atom is -0.373 e. The highest BCUT2D eigenvalue weighted by atomic mass is 32.2. The third-order valence-corrected chi connectivity index (χ3v) is 7.61. The highest BCUT2D eigenvalue weighted by molar-refractivity contribution is 7.89. The molecule has 2 heterocycles. The van der Waals surface area contributed by atoms with Gasteiger partial charge in [0.05, 0.1) is 22.8 Å². The number of rotatable bonds is 6. The number of ether oxygens (including phenoxy) is 1. The number of hydrogen-bond donors (Lipinski definition) is 1. The molecule has 0 saturated carbocycles. The van der Waals surface area contributed by atoms with E-state index in [0.717, 1.165) is 17.7 Å². The molecule has 0 bridgehead atoms. The lowest BCUT2D eigenvalue weighted by Gasteiger charge is -2.34. The number of aromatic nitrogens is 2. The third kappa shape index (κ3) is 5.50. The molecule has 1 amide bonds. The Bertz CT molecular complexity index is 1360. The number of aryl methyl sites for hydroxylation is 1. The lowest BCUT2D eigenvalue weighted by molar-refractivity contribution is -0.0440. The molecule has 0 aliphatic carbocycles. The van der Waals surface area contributed by atoms with Crippen LogP contribution >= 0.6 is 0 Å². The maximum absolute atomic E-state index is 13.0. The van der Waals surface area contributed by atoms with Gasteiger partial charge in [-0.05, 0) is 62.2 Å². The van der Waals surface area contributed by atoms with E-state index in [4.69, 9.17) is 4.74 Å². The summed E-state index contributed by atoms with van der Waals surface area (Å²) in [5.74, 6) is -0.680. The Morgan fingerprint density at radius 3 is 2.26 bits per heavy atom. The average molecular weight is 497 g/mol. The van der Waals surface area contributed by atoms with Gasteiger partial charge in [-0.3, -0.25) is 9.59 Å². The average Bonchev–Trinajstić information content (AvgIpc) is 2.84. The third-order valence-electron chi connectivity index (χ3n) is 5.77. The molecule has 3 aromatic rings. The Morgan fingerprint density at radius 2 is 1.66 bits per heavy atom. The van der Waals surface area contributed by atoms with Gasteiger partial charge in [-0.2, -0.15) is 9.40 Å². The molecule has 1 N–H and O–H groups in total. The van der Waals surface area contributed by atoms with Gasteiger partial charge in [-0.25, -0.2) is 13.1 Å². The number of benzene rings is 2. The number of amides is 1. The van der Waals surface area contributed by atoms with Gasteiger partial charge in [0.2, 0.25) is 15.5 Å². The fourth-order valence-corrected chi connectivity index (χ4v) is 5.56. The van der Waals surface area contributed by atoms with E-state index >= 15 is 0 Å². The van der Waals surface area contributed by atoms with Crippen molar-refractivity contribution in [2.45, 2.75) is 44.3 Å². The Balaban J connectivity index is 1.51. The van der Waals surface area contributed by atoms with Crippen molar-refractivity contribution < 1.29 is 17.9 Å². The van der Waals surface area contributed by atoms with Crippen LogP contribution < -0.4 is 10.7 Å². The summed E-state index contributed by atoms with van der Waals surface area (Å²) in [6, 6.07) is 14.8. The van der Waals surface area contributed by atoms with Gasteiger partial charge < -0.3 is 10.1 Å². The van der Waals surface area contributed by atoms with E-state index in [-0.39, 0.29) is 35.9 Å². The summed E-state index contributed by atoms with van der Waals surface area (Å²) in [7, 11) is -3.70. The zero-order chi connectivity index (χ0) is 25.2. The predicted octanol–water partition coefficient (Wildman–Crippen LogP) is 2.85. The maximum Gasteiger partial charge on any atom is 0.280 e. The van der Waals surface area contributed by atoms with E-state index in [1.807, 2.05) is 38.1 Å². The summed E-state index contributed by atoms with van der Waals surface area (Å²) in [5, 5.41) is 6.83. The highest BCUT2D eigenvalue weighted by Crippen LogP contribution is 2.22. The van der Waals surface area contributed by atoms with E-state index in [9.17, 15) is 18.0 Å². The number of carbonyl (C=O) groups is 1. The second-order valence-corrected chi connectivity index (χ2v) is 10.5. The van der Waals surface area contributed by atoms with Gasteiger partial charge in [0.15, 0.2) is 5.69 Å².